The Bertz CT molecular complexity index is 801. The molecule has 0 aliphatic heterocycles. The second kappa shape index (κ2) is 3.16. The molecule has 0 saturated heterocycles. The van der Waals surface area contributed by atoms with Gasteiger partial charge in [0, 0.05) is 12.4 Å². The second-order valence-electron chi connectivity index (χ2n) is 4.13. The molecule has 4 nitrogen and oxygen atoms in total. The molecule has 2 heterocycles. The van der Waals surface area contributed by atoms with E-state index < -0.39 is 0 Å². The average molecular weight is 231 g/mol. The first-order chi connectivity index (χ1) is 8.08. The van der Waals surface area contributed by atoms with Crippen LogP contribution in [0, 0.1) is 12.7 Å². The molecule has 17 heavy (non-hydrogen) atoms. The van der Waals surface area contributed by atoms with Gasteiger partial charge in [-0.2, -0.15) is 5.10 Å². The maximum absolute atomic E-state index is 13.4. The van der Waals surface area contributed by atoms with Crippen molar-refractivity contribution in [2.24, 2.45) is 7.05 Å². The van der Waals surface area contributed by atoms with Crippen molar-refractivity contribution in [2.45, 2.75) is 6.92 Å². The zero-order valence-corrected chi connectivity index (χ0v) is 9.41. The van der Waals surface area contributed by atoms with Crippen LogP contribution in [0.2, 0.25) is 0 Å². The molecular formula is C12H10FN3O. The molecule has 5 heteroatoms. The lowest BCUT2D eigenvalue weighted by Crippen LogP contribution is -2.08. The van der Waals surface area contributed by atoms with E-state index in [-0.39, 0.29) is 11.2 Å². The minimum Gasteiger partial charge on any atom is -0.352 e. The fourth-order valence-corrected chi connectivity index (χ4v) is 2.04. The largest absolute Gasteiger partial charge is 0.352 e. The second-order valence-corrected chi connectivity index (χ2v) is 4.13. The SMILES string of the molecule is Cc1cc2c(=O)c3c(cnn3C)[nH]c2cc1F. The van der Waals surface area contributed by atoms with Crippen LogP contribution in [-0.4, -0.2) is 14.8 Å². The van der Waals surface area contributed by atoms with Gasteiger partial charge in [0.15, 0.2) is 0 Å². The number of aromatic nitrogens is 3. The molecule has 0 saturated carbocycles. The van der Waals surface area contributed by atoms with Gasteiger partial charge in [0.25, 0.3) is 0 Å². The van der Waals surface area contributed by atoms with Crippen molar-refractivity contribution in [3.63, 3.8) is 0 Å². The Hall–Kier alpha value is -2.17. The van der Waals surface area contributed by atoms with Gasteiger partial charge < -0.3 is 4.98 Å². The third-order valence-corrected chi connectivity index (χ3v) is 2.97. The first kappa shape index (κ1) is 10.0. The van der Waals surface area contributed by atoms with E-state index in [1.807, 2.05) is 0 Å². The summed E-state index contributed by atoms with van der Waals surface area (Å²) in [7, 11) is 1.71. The lowest BCUT2D eigenvalue weighted by atomic mass is 10.1. The summed E-state index contributed by atoms with van der Waals surface area (Å²) in [5.41, 5.74) is 1.96. The number of rotatable bonds is 0. The Morgan fingerprint density at radius 3 is 2.88 bits per heavy atom. The summed E-state index contributed by atoms with van der Waals surface area (Å²) in [6, 6.07) is 2.91. The van der Waals surface area contributed by atoms with Gasteiger partial charge in [-0.05, 0) is 24.6 Å². The van der Waals surface area contributed by atoms with Gasteiger partial charge in [-0.3, -0.25) is 9.48 Å². The van der Waals surface area contributed by atoms with Gasteiger partial charge in [-0.15, -0.1) is 0 Å². The Kier molecular flexibility index (Phi) is 1.86. The van der Waals surface area contributed by atoms with E-state index in [0.29, 0.717) is 27.5 Å². The summed E-state index contributed by atoms with van der Waals surface area (Å²) in [6.45, 7) is 1.64. The summed E-state index contributed by atoms with van der Waals surface area (Å²) in [6.07, 6.45) is 1.56. The van der Waals surface area contributed by atoms with E-state index in [9.17, 15) is 9.18 Å². The number of fused-ring (bicyclic) bond motifs is 2. The van der Waals surface area contributed by atoms with E-state index in [1.165, 1.54) is 10.7 Å². The van der Waals surface area contributed by atoms with Crippen LogP contribution in [0.15, 0.2) is 23.1 Å². The van der Waals surface area contributed by atoms with Crippen molar-refractivity contribution >= 4 is 21.9 Å². The highest BCUT2D eigenvalue weighted by Gasteiger charge is 2.10. The Labute approximate surface area is 95.7 Å². The monoisotopic (exact) mass is 231 g/mol. The van der Waals surface area contributed by atoms with Gasteiger partial charge in [0.1, 0.15) is 11.3 Å². The molecule has 3 rings (SSSR count). The number of nitrogens with one attached hydrogen (secondary N) is 1. The minimum absolute atomic E-state index is 0.128. The zero-order valence-electron chi connectivity index (χ0n) is 9.41. The van der Waals surface area contributed by atoms with Crippen molar-refractivity contribution in [2.75, 3.05) is 0 Å². The molecule has 0 aliphatic carbocycles. The highest BCUT2D eigenvalue weighted by atomic mass is 19.1. The third kappa shape index (κ3) is 1.28. The zero-order chi connectivity index (χ0) is 12.2. The van der Waals surface area contributed by atoms with Gasteiger partial charge in [-0.25, -0.2) is 4.39 Å². The molecular weight excluding hydrogens is 221 g/mol. The first-order valence-corrected chi connectivity index (χ1v) is 5.22. The van der Waals surface area contributed by atoms with E-state index >= 15 is 0 Å². The van der Waals surface area contributed by atoms with Crippen LogP contribution in [-0.2, 0) is 7.05 Å². The summed E-state index contributed by atoms with van der Waals surface area (Å²) in [4.78, 5) is 15.2. The van der Waals surface area contributed by atoms with Crippen LogP contribution in [0.4, 0.5) is 4.39 Å². The quantitative estimate of drug-likeness (QED) is 0.642. The molecule has 0 atom stereocenters. The minimum atomic E-state index is -0.323. The van der Waals surface area contributed by atoms with Crippen LogP contribution in [0.3, 0.4) is 0 Å². The smallest absolute Gasteiger partial charge is 0.215 e. The molecule has 1 aromatic carbocycles. The average Bonchev–Trinajstić information content (AvgIpc) is 2.64. The fraction of sp³-hybridized carbons (Fsp3) is 0.167. The maximum atomic E-state index is 13.4. The van der Waals surface area contributed by atoms with Crippen LogP contribution in [0.1, 0.15) is 5.56 Å². The summed E-state index contributed by atoms with van der Waals surface area (Å²) < 4.78 is 15.0. The summed E-state index contributed by atoms with van der Waals surface area (Å²) >= 11 is 0. The number of H-pyrrole nitrogens is 1. The molecule has 2 aromatic heterocycles. The standard InChI is InChI=1S/C12H10FN3O/c1-6-3-7-9(4-8(6)13)15-10-5-14-16(2)11(10)12(7)17/h3-5H,1-2H3,(H,15,17). The molecule has 0 bridgehead atoms. The van der Waals surface area contributed by atoms with Crippen molar-refractivity contribution in [3.8, 4) is 0 Å². The fourth-order valence-electron chi connectivity index (χ4n) is 2.04. The molecule has 0 fully saturated rings. The van der Waals surface area contributed by atoms with E-state index in [4.69, 9.17) is 0 Å². The van der Waals surface area contributed by atoms with Crippen LogP contribution >= 0.6 is 0 Å². The molecule has 3 aromatic rings. The number of pyridine rings is 1. The lowest BCUT2D eigenvalue weighted by Gasteiger charge is -2.02. The maximum Gasteiger partial charge on any atom is 0.215 e. The Balaban J connectivity index is 2.62. The van der Waals surface area contributed by atoms with Crippen molar-refractivity contribution in [3.05, 3.63) is 39.9 Å². The number of halogens is 1. The molecule has 0 radical (unpaired) electrons. The van der Waals surface area contributed by atoms with Gasteiger partial charge in [-0.1, -0.05) is 0 Å². The number of hydrogen-bond donors (Lipinski definition) is 1. The lowest BCUT2D eigenvalue weighted by molar-refractivity contribution is 0.620. The van der Waals surface area contributed by atoms with Gasteiger partial charge in [0.2, 0.25) is 5.43 Å². The number of nitrogens with zero attached hydrogens (tertiary/aromatic N) is 2. The molecule has 0 unspecified atom stereocenters. The molecule has 0 spiro atoms. The van der Waals surface area contributed by atoms with Crippen molar-refractivity contribution < 1.29 is 4.39 Å². The highest BCUT2D eigenvalue weighted by molar-refractivity contribution is 5.90. The van der Waals surface area contributed by atoms with E-state index in [1.54, 1.807) is 26.2 Å². The number of hydrogen-bond acceptors (Lipinski definition) is 2. The van der Waals surface area contributed by atoms with Crippen molar-refractivity contribution in [1.29, 1.82) is 0 Å². The Morgan fingerprint density at radius 1 is 1.35 bits per heavy atom. The van der Waals surface area contributed by atoms with Crippen LogP contribution < -0.4 is 5.43 Å². The molecule has 86 valence electrons. The number of benzene rings is 1. The van der Waals surface area contributed by atoms with Gasteiger partial charge >= 0.3 is 0 Å². The third-order valence-electron chi connectivity index (χ3n) is 2.97. The predicted octanol–water partition coefficient (Wildman–Crippen LogP) is 1.86. The normalized spacial score (nSPS) is 11.5. The van der Waals surface area contributed by atoms with Crippen molar-refractivity contribution in [1.82, 2.24) is 14.8 Å². The predicted molar refractivity (Wildman–Crippen MR) is 63.5 cm³/mol. The summed E-state index contributed by atoms with van der Waals surface area (Å²) in [5, 5.41) is 4.50. The first-order valence-electron chi connectivity index (χ1n) is 5.22. The molecule has 0 aliphatic rings. The molecule has 0 amide bonds. The van der Waals surface area contributed by atoms with Crippen LogP contribution in [0.5, 0.6) is 0 Å². The van der Waals surface area contributed by atoms with Gasteiger partial charge in [0.05, 0.1) is 17.2 Å². The topological polar surface area (TPSA) is 50.7 Å². The van der Waals surface area contributed by atoms with Crippen LogP contribution in [0.25, 0.3) is 21.9 Å². The molecule has 1 N–H and O–H groups in total. The van der Waals surface area contributed by atoms with E-state index in [2.05, 4.69) is 10.1 Å². The number of aryl methyl sites for hydroxylation is 2. The summed E-state index contributed by atoms with van der Waals surface area (Å²) in [5.74, 6) is -0.323. The number of aromatic amines is 1. The highest BCUT2D eigenvalue weighted by Crippen LogP contribution is 2.17. The Morgan fingerprint density at radius 2 is 2.12 bits per heavy atom. The van der Waals surface area contributed by atoms with E-state index in [0.717, 1.165) is 0 Å².